The lowest BCUT2D eigenvalue weighted by molar-refractivity contribution is -0.120. The minimum atomic E-state index is -0.653. The van der Waals surface area contributed by atoms with Crippen LogP contribution in [0.4, 0.5) is 0 Å². The molecule has 3 rings (SSSR count). The van der Waals surface area contributed by atoms with Crippen LogP contribution in [0.15, 0.2) is 24.3 Å². The van der Waals surface area contributed by atoms with Gasteiger partial charge in [-0.05, 0) is 39.7 Å². The molecule has 0 atom stereocenters. The van der Waals surface area contributed by atoms with Crippen LogP contribution in [0.2, 0.25) is 0 Å². The first kappa shape index (κ1) is 16.5. The number of para-hydroxylation sites is 1. The van der Waals surface area contributed by atoms with Crippen LogP contribution in [0.5, 0.6) is 5.75 Å². The van der Waals surface area contributed by atoms with Crippen LogP contribution in [-0.4, -0.2) is 27.8 Å². The van der Waals surface area contributed by atoms with Crippen LogP contribution in [0.1, 0.15) is 50.8 Å². The summed E-state index contributed by atoms with van der Waals surface area (Å²) < 4.78 is 7.26. The van der Waals surface area contributed by atoms with Crippen molar-refractivity contribution in [1.82, 2.24) is 14.8 Å². The minimum Gasteiger partial charge on any atom is -0.496 e. The predicted octanol–water partition coefficient (Wildman–Crippen LogP) is 2.15. The second kappa shape index (κ2) is 5.61. The average molecular weight is 328 g/mol. The highest BCUT2D eigenvalue weighted by molar-refractivity contribution is 5.88. The normalized spacial score (nSPS) is 16.0. The van der Waals surface area contributed by atoms with Crippen molar-refractivity contribution < 1.29 is 9.53 Å². The van der Waals surface area contributed by atoms with E-state index in [1.165, 1.54) is 0 Å². The molecule has 0 saturated heterocycles. The first-order valence-electron chi connectivity index (χ1n) is 8.16. The number of carbonyl (C=O) groups is 1. The van der Waals surface area contributed by atoms with Gasteiger partial charge in [-0.15, -0.1) is 0 Å². The van der Waals surface area contributed by atoms with Gasteiger partial charge in [0.1, 0.15) is 17.0 Å². The molecule has 1 aliphatic rings. The Kier molecular flexibility index (Phi) is 3.86. The summed E-state index contributed by atoms with van der Waals surface area (Å²) in [6.07, 6.45) is 2.03. The molecule has 2 N–H and O–H groups in total. The van der Waals surface area contributed by atoms with Crippen molar-refractivity contribution in [1.29, 1.82) is 0 Å². The van der Waals surface area contributed by atoms with E-state index in [1.807, 2.05) is 28.9 Å². The van der Waals surface area contributed by atoms with E-state index in [0.717, 1.165) is 24.2 Å². The number of methoxy groups -OCH3 is 1. The van der Waals surface area contributed by atoms with Gasteiger partial charge in [-0.3, -0.25) is 4.79 Å². The van der Waals surface area contributed by atoms with Crippen LogP contribution in [0.25, 0.3) is 0 Å². The maximum Gasteiger partial charge on any atom is 0.231 e. The smallest absolute Gasteiger partial charge is 0.231 e. The third-order valence-corrected chi connectivity index (χ3v) is 4.48. The van der Waals surface area contributed by atoms with Gasteiger partial charge in [0, 0.05) is 12.0 Å². The largest absolute Gasteiger partial charge is 0.496 e. The summed E-state index contributed by atoms with van der Waals surface area (Å²) in [6, 6.07) is 7.81. The van der Waals surface area contributed by atoms with E-state index in [9.17, 15) is 4.79 Å². The Balaban J connectivity index is 2.02. The Morgan fingerprint density at radius 2 is 2.00 bits per heavy atom. The fraction of sp³-hybridized carbons (Fsp3) is 0.500. The van der Waals surface area contributed by atoms with Gasteiger partial charge in [0.25, 0.3) is 0 Å². The Hall–Kier alpha value is -2.37. The lowest BCUT2D eigenvalue weighted by atomic mass is 10.0. The second-order valence-electron chi connectivity index (χ2n) is 7.37. The maximum atomic E-state index is 12.0. The molecular weight excluding hydrogens is 304 g/mol. The molecular formula is C18H24N4O2. The molecule has 1 aliphatic carbocycles. The SMILES string of the molecule is COc1ccccc1Cc1nc(C2(C(N)=O)CC2)n(C(C)(C)C)n1. The second-order valence-corrected chi connectivity index (χ2v) is 7.37. The van der Waals surface area contributed by atoms with Crippen molar-refractivity contribution in [2.75, 3.05) is 7.11 Å². The van der Waals surface area contributed by atoms with E-state index in [2.05, 4.69) is 25.9 Å². The highest BCUT2D eigenvalue weighted by Crippen LogP contribution is 2.48. The van der Waals surface area contributed by atoms with E-state index in [1.54, 1.807) is 7.11 Å². The predicted molar refractivity (Wildman–Crippen MR) is 90.9 cm³/mol. The van der Waals surface area contributed by atoms with E-state index < -0.39 is 5.41 Å². The number of hydrogen-bond acceptors (Lipinski definition) is 4. The lowest BCUT2D eigenvalue weighted by Crippen LogP contribution is -2.35. The summed E-state index contributed by atoms with van der Waals surface area (Å²) >= 11 is 0. The summed E-state index contributed by atoms with van der Waals surface area (Å²) in [5.74, 6) is 1.86. The van der Waals surface area contributed by atoms with Crippen LogP contribution in [0, 0.1) is 0 Å². The zero-order valence-electron chi connectivity index (χ0n) is 14.7. The molecule has 0 bridgehead atoms. The van der Waals surface area contributed by atoms with Gasteiger partial charge in [0.2, 0.25) is 5.91 Å². The van der Waals surface area contributed by atoms with Crippen molar-refractivity contribution in [2.24, 2.45) is 5.73 Å². The van der Waals surface area contributed by atoms with Gasteiger partial charge in [-0.1, -0.05) is 18.2 Å². The molecule has 128 valence electrons. The third kappa shape index (κ3) is 2.77. The van der Waals surface area contributed by atoms with Crippen molar-refractivity contribution in [3.63, 3.8) is 0 Å². The van der Waals surface area contributed by atoms with Crippen LogP contribution in [0.3, 0.4) is 0 Å². The van der Waals surface area contributed by atoms with Gasteiger partial charge in [0.05, 0.1) is 12.6 Å². The third-order valence-electron chi connectivity index (χ3n) is 4.48. The van der Waals surface area contributed by atoms with Crippen LogP contribution < -0.4 is 10.5 Å². The van der Waals surface area contributed by atoms with E-state index in [0.29, 0.717) is 18.1 Å². The first-order valence-corrected chi connectivity index (χ1v) is 8.16. The van der Waals surface area contributed by atoms with Gasteiger partial charge in [-0.25, -0.2) is 9.67 Å². The van der Waals surface area contributed by atoms with Gasteiger partial charge in [0.15, 0.2) is 5.82 Å². The molecule has 0 spiro atoms. The number of nitrogens with zero attached hydrogens (tertiary/aromatic N) is 3. The number of amides is 1. The summed E-state index contributed by atoms with van der Waals surface area (Å²) in [7, 11) is 1.65. The molecule has 1 fully saturated rings. The highest BCUT2D eigenvalue weighted by atomic mass is 16.5. The first-order chi connectivity index (χ1) is 11.3. The Labute approximate surface area is 142 Å². The molecule has 6 heteroatoms. The van der Waals surface area contributed by atoms with Crippen LogP contribution in [-0.2, 0) is 22.2 Å². The maximum absolute atomic E-state index is 12.0. The Morgan fingerprint density at radius 1 is 1.33 bits per heavy atom. The molecule has 0 unspecified atom stereocenters. The lowest BCUT2D eigenvalue weighted by Gasteiger charge is -2.23. The highest BCUT2D eigenvalue weighted by Gasteiger charge is 2.54. The average Bonchev–Trinajstić information content (AvgIpc) is 3.22. The molecule has 1 amide bonds. The zero-order chi connectivity index (χ0) is 17.5. The van der Waals surface area contributed by atoms with Crippen molar-refractivity contribution in [3.05, 3.63) is 41.5 Å². The van der Waals surface area contributed by atoms with Crippen molar-refractivity contribution in [2.45, 2.75) is 51.0 Å². The number of carbonyl (C=O) groups excluding carboxylic acids is 1. The molecule has 0 radical (unpaired) electrons. The topological polar surface area (TPSA) is 83.0 Å². The molecule has 1 aromatic carbocycles. The molecule has 24 heavy (non-hydrogen) atoms. The monoisotopic (exact) mass is 328 g/mol. The quantitative estimate of drug-likeness (QED) is 0.911. The molecule has 6 nitrogen and oxygen atoms in total. The number of ether oxygens (including phenoxy) is 1. The number of primary amides is 1. The number of hydrogen-bond donors (Lipinski definition) is 1. The standard InChI is InChI=1S/C18H24N4O2/c1-17(2,3)22-16(18(9-10-18)15(19)23)20-14(21-22)11-12-7-5-6-8-13(12)24-4/h5-8H,9-11H2,1-4H3,(H2,19,23). The summed E-state index contributed by atoms with van der Waals surface area (Å²) in [5.41, 5.74) is 5.73. The summed E-state index contributed by atoms with van der Waals surface area (Å²) in [6.45, 7) is 6.15. The molecule has 0 aliphatic heterocycles. The number of rotatable bonds is 5. The molecule has 1 aromatic heterocycles. The van der Waals surface area contributed by atoms with E-state index in [-0.39, 0.29) is 11.4 Å². The summed E-state index contributed by atoms with van der Waals surface area (Å²) in [4.78, 5) is 16.7. The van der Waals surface area contributed by atoms with Gasteiger partial charge < -0.3 is 10.5 Å². The molecule has 1 saturated carbocycles. The molecule has 1 heterocycles. The van der Waals surface area contributed by atoms with Crippen molar-refractivity contribution in [3.8, 4) is 5.75 Å². The Morgan fingerprint density at radius 3 is 2.54 bits per heavy atom. The van der Waals surface area contributed by atoms with Crippen molar-refractivity contribution >= 4 is 5.91 Å². The summed E-state index contributed by atoms with van der Waals surface area (Å²) in [5, 5.41) is 4.68. The Bertz CT molecular complexity index is 770. The fourth-order valence-electron chi connectivity index (χ4n) is 2.93. The number of nitrogens with two attached hydrogens (primary N) is 1. The minimum absolute atomic E-state index is 0.271. The van der Waals surface area contributed by atoms with Gasteiger partial charge in [-0.2, -0.15) is 5.10 Å². The number of aromatic nitrogens is 3. The molecule has 2 aromatic rings. The van der Waals surface area contributed by atoms with Crippen LogP contribution >= 0.6 is 0 Å². The van der Waals surface area contributed by atoms with E-state index in [4.69, 9.17) is 15.5 Å². The van der Waals surface area contributed by atoms with Gasteiger partial charge >= 0.3 is 0 Å². The van der Waals surface area contributed by atoms with E-state index >= 15 is 0 Å². The zero-order valence-corrected chi connectivity index (χ0v) is 14.7. The number of benzene rings is 1. The fourth-order valence-corrected chi connectivity index (χ4v) is 2.93.